The molecule has 20 nitrogen and oxygen atoms in total. The normalized spacial score (nSPS) is 10.9. The predicted octanol–water partition coefficient (Wildman–Crippen LogP) is 30.6. The number of aryl methyl sites for hydroxylation is 15. The van der Waals surface area contributed by atoms with E-state index in [-0.39, 0.29) is 44.6 Å². The first-order valence-corrected chi connectivity index (χ1v) is 52.8. The van der Waals surface area contributed by atoms with Crippen LogP contribution in [0.25, 0.3) is 0 Å². The lowest BCUT2D eigenvalue weighted by Crippen LogP contribution is -2.10. The van der Waals surface area contributed by atoms with Crippen LogP contribution >= 0.6 is 70.6 Å². The summed E-state index contributed by atoms with van der Waals surface area (Å²) in [5.41, 5.74) is 29.8. The molecule has 26 heteroatoms. The second-order valence-electron chi connectivity index (χ2n) is 33.0. The molecule has 0 unspecified atom stereocenters. The lowest BCUT2D eigenvalue weighted by Gasteiger charge is -2.17. The molecular weight excluding hydrogens is 1850 g/mol. The Hall–Kier alpha value is -11.9. The van der Waals surface area contributed by atoms with Crippen LogP contribution in [0.15, 0.2) is 218 Å². The fourth-order valence-corrected chi connectivity index (χ4v) is 16.0. The van der Waals surface area contributed by atoms with Gasteiger partial charge in [-0.05, 0) is 307 Å². The molecule has 0 spiro atoms. The van der Waals surface area contributed by atoms with Crippen LogP contribution in [0.5, 0.6) is 40.2 Å². The van der Waals surface area contributed by atoms with Crippen LogP contribution in [-0.2, 0) is 52.7 Å². The van der Waals surface area contributed by atoms with E-state index in [0.717, 1.165) is 200 Å². The van der Waals surface area contributed by atoms with Crippen LogP contribution < -0.4 is 65.1 Å². The molecule has 0 aromatic heterocycles. The maximum atomic E-state index is 11.8. The van der Waals surface area contributed by atoms with E-state index in [0.29, 0.717) is 56.9 Å². The van der Waals surface area contributed by atoms with Gasteiger partial charge in [-0.1, -0.05) is 250 Å². The van der Waals surface area contributed by atoms with E-state index >= 15 is 0 Å². The highest BCUT2D eigenvalue weighted by atomic mass is 32.2. The monoisotopic (exact) mass is 1980 g/mol. The van der Waals surface area contributed by atoms with Crippen LogP contribution in [0.4, 0.5) is 62.9 Å². The largest absolute Gasteiger partial charge is 0.493 e. The zero-order valence-electron chi connectivity index (χ0n) is 83.3. The van der Waals surface area contributed by atoms with Crippen LogP contribution in [0.2, 0.25) is 0 Å². The van der Waals surface area contributed by atoms with Gasteiger partial charge in [0.25, 0.3) is 31.4 Å². The average molecular weight is 1980 g/mol. The minimum Gasteiger partial charge on any atom is -0.493 e. The Labute approximate surface area is 841 Å². The number of nitrogens with one attached hydrogen (secondary N) is 6. The van der Waals surface area contributed by atoms with Gasteiger partial charge in [-0.15, -0.1) is 0 Å². The Balaban J connectivity index is 0.000000203. The van der Waals surface area contributed by atoms with Crippen LogP contribution in [0.1, 0.15) is 161 Å². The molecule has 0 radical (unpaired) electrons. The molecule has 730 valence electrons. The summed E-state index contributed by atoms with van der Waals surface area (Å²) in [6.07, 6.45) is 13.9. The van der Waals surface area contributed by atoms with Crippen molar-refractivity contribution in [2.45, 2.75) is 182 Å². The summed E-state index contributed by atoms with van der Waals surface area (Å²) in [6, 6.07) is 71.6. The standard InChI is InChI=1S/C20H23NO2S.C19H23NO3S.C19H23NO2S.C18H21NO3S.2C18H21NO2S/c1-13-7-10-19(14(2)11-13)23-12-17-16(15-8-9-15)5-4-6-18(17)21-20(22)24-3;1-5-22-18-8-6-7-16(20-19(21)24-4)15(18)12-23-17-10-9-13(2)11-14(17)3;1-5-15-7-6-8-17(20-19(21)23-4)16(15)12-22-18-10-9-13(2)11-14(18)3;1-12-7-8-17(13(2)9-12)22-11-15-14(10-20)5-4-6-16(15)19-18(21)23-3;2*1-12-8-9-17(14(3)10-12)21-11-15-13(2)6-5-7-16(15)19-18(20)22-4/h4-7,10-11,15H,8-9,12H2,1-3H3,(H,21,22);6-11H,5,12H2,1-4H3,(H,20,21);6-11H,5,12H2,1-4H3,(H,20,21);4-9,20H,10-11H2,1-3H3,(H,19,21);2*5-10H,11H2,1-4H3,(H,19,20). The van der Waals surface area contributed by atoms with Gasteiger partial charge >= 0.3 is 0 Å². The Morgan fingerprint density at radius 2 is 0.507 bits per heavy atom. The number of carbonyl (C=O) groups is 6. The molecule has 1 saturated carbocycles. The van der Waals surface area contributed by atoms with Crippen molar-refractivity contribution in [3.8, 4) is 40.2 Å². The van der Waals surface area contributed by atoms with E-state index in [1.165, 1.54) is 80.9 Å². The Morgan fingerprint density at radius 1 is 0.268 bits per heavy atom. The first-order valence-electron chi connectivity index (χ1n) is 45.4. The molecule has 1 fully saturated rings. The van der Waals surface area contributed by atoms with Crippen molar-refractivity contribution < 1.29 is 67.0 Å². The highest BCUT2D eigenvalue weighted by Gasteiger charge is 2.28. The minimum absolute atomic E-state index is 0.0456. The van der Waals surface area contributed by atoms with Crippen LogP contribution in [-0.4, -0.2) is 80.7 Å². The molecular formula is C112H132N6O14S6. The third-order valence-electron chi connectivity index (χ3n) is 22.3. The summed E-state index contributed by atoms with van der Waals surface area (Å²) in [5.74, 6) is 6.47. The average Bonchev–Trinajstić information content (AvgIpc) is 1.67. The van der Waals surface area contributed by atoms with Crippen molar-refractivity contribution in [2.24, 2.45) is 0 Å². The summed E-state index contributed by atoms with van der Waals surface area (Å²) in [4.78, 5) is 70.1. The maximum absolute atomic E-state index is 11.8. The van der Waals surface area contributed by atoms with E-state index in [9.17, 15) is 33.9 Å². The lowest BCUT2D eigenvalue weighted by molar-refractivity contribution is 0.267. The third kappa shape index (κ3) is 35.5. The van der Waals surface area contributed by atoms with Gasteiger partial charge in [0.1, 0.15) is 79.9 Å². The van der Waals surface area contributed by atoms with E-state index in [1.807, 2.05) is 226 Å². The van der Waals surface area contributed by atoms with E-state index in [1.54, 1.807) is 37.5 Å². The first-order chi connectivity index (χ1) is 66.2. The van der Waals surface area contributed by atoms with E-state index in [4.69, 9.17) is 33.2 Å². The van der Waals surface area contributed by atoms with Gasteiger partial charge in [-0.3, -0.25) is 28.8 Å². The summed E-state index contributed by atoms with van der Waals surface area (Å²) < 4.78 is 41.6. The topological polar surface area (TPSA) is 259 Å². The Bertz CT molecular complexity index is 5890. The summed E-state index contributed by atoms with van der Waals surface area (Å²) >= 11 is 6.92. The number of aliphatic hydroxyl groups is 1. The molecule has 0 heterocycles. The molecule has 138 heavy (non-hydrogen) atoms. The molecule has 13 rings (SSSR count). The number of aliphatic hydroxyl groups excluding tert-OH is 1. The zero-order valence-corrected chi connectivity index (χ0v) is 88.2. The van der Waals surface area contributed by atoms with Crippen molar-refractivity contribution in [1.82, 2.24) is 0 Å². The number of thioether (sulfide) groups is 6. The first kappa shape index (κ1) is 111. The number of hydrogen-bond acceptors (Lipinski definition) is 20. The van der Waals surface area contributed by atoms with E-state index < -0.39 is 0 Å². The van der Waals surface area contributed by atoms with E-state index in [2.05, 4.69) is 135 Å². The third-order valence-corrected chi connectivity index (χ3v) is 25.2. The van der Waals surface area contributed by atoms with Gasteiger partial charge in [-0.2, -0.15) is 0 Å². The fraction of sp³-hybridized carbons (Fsp3) is 0.304. The number of carbonyl (C=O) groups excluding carboxylic acids is 6. The zero-order chi connectivity index (χ0) is 100. The van der Waals surface area contributed by atoms with Gasteiger partial charge in [0.05, 0.1) is 24.5 Å². The van der Waals surface area contributed by atoms with Crippen molar-refractivity contribution in [3.63, 3.8) is 0 Å². The molecule has 0 aliphatic heterocycles. The van der Waals surface area contributed by atoms with Gasteiger partial charge < -0.3 is 70.2 Å². The van der Waals surface area contributed by atoms with Gasteiger partial charge in [0.2, 0.25) is 0 Å². The van der Waals surface area contributed by atoms with Gasteiger partial charge in [0, 0.05) is 56.3 Å². The van der Waals surface area contributed by atoms with Gasteiger partial charge in [0.15, 0.2) is 0 Å². The maximum Gasteiger partial charge on any atom is 0.283 e. The van der Waals surface area contributed by atoms with Crippen molar-refractivity contribution in [2.75, 3.05) is 76.0 Å². The molecule has 1 aliphatic carbocycles. The number of benzene rings is 12. The number of ether oxygens (including phenoxy) is 7. The molecule has 0 saturated heterocycles. The summed E-state index contributed by atoms with van der Waals surface area (Å²) in [5, 5.41) is 26.5. The minimum atomic E-state index is -0.146. The van der Waals surface area contributed by atoms with Crippen molar-refractivity contribution in [1.29, 1.82) is 0 Å². The van der Waals surface area contributed by atoms with Crippen LogP contribution in [0, 0.1) is 96.9 Å². The van der Waals surface area contributed by atoms with Crippen molar-refractivity contribution in [3.05, 3.63) is 346 Å². The number of anilines is 6. The van der Waals surface area contributed by atoms with Gasteiger partial charge in [-0.25, -0.2) is 0 Å². The Morgan fingerprint density at radius 3 is 0.783 bits per heavy atom. The lowest BCUT2D eigenvalue weighted by atomic mass is 10.0. The molecule has 0 atom stereocenters. The number of rotatable bonds is 29. The Kier molecular flexibility index (Phi) is 46.4. The molecule has 12 aromatic rings. The molecule has 0 bridgehead atoms. The fourth-order valence-electron chi connectivity index (χ4n) is 14.8. The van der Waals surface area contributed by atoms with Crippen molar-refractivity contribution >= 4 is 136 Å². The summed E-state index contributed by atoms with van der Waals surface area (Å²) in [7, 11) is 0. The molecule has 1 aliphatic rings. The molecule has 6 amide bonds. The molecule has 7 N–H and O–H groups in total. The second-order valence-corrected chi connectivity index (χ2v) is 37.7. The highest BCUT2D eigenvalue weighted by Crippen LogP contribution is 2.44. The quantitative estimate of drug-likeness (QED) is 0.0230. The molecule has 12 aromatic carbocycles. The summed E-state index contributed by atoms with van der Waals surface area (Å²) in [6.45, 7) is 35.5. The number of hydrogen-bond donors (Lipinski definition) is 7. The van der Waals surface area contributed by atoms with Crippen LogP contribution in [0.3, 0.4) is 0 Å². The predicted molar refractivity (Wildman–Crippen MR) is 583 cm³/mol. The SMILES string of the molecule is CCOc1cccc(NC(=O)SC)c1COc1ccc(C)cc1C.CCc1cccc(NC(=O)SC)c1COc1ccc(C)cc1C.CSC(=O)Nc1cccc(C)c1COc1ccc(C)cc1C.CSC(=O)Nc1cccc(C)c1COc1ccc(C)cc1C.CSC(=O)Nc1cccc(C2CC2)c1COc1ccc(C)cc1C.CSC(=O)Nc1cccc(CO)c1COc1ccc(C)cc1C. The second kappa shape index (κ2) is 57.5. The number of amides is 6. The highest BCUT2D eigenvalue weighted by molar-refractivity contribution is 8.14. The smallest absolute Gasteiger partial charge is 0.283 e.